The van der Waals surface area contributed by atoms with Crippen molar-refractivity contribution in [1.29, 1.82) is 0 Å². The van der Waals surface area contributed by atoms with Gasteiger partial charge in [-0.05, 0) is 38.8 Å². The molecular weight excluding hydrogens is 270 g/mol. The molecule has 2 fully saturated rings. The van der Waals surface area contributed by atoms with Crippen molar-refractivity contribution in [3.63, 3.8) is 0 Å². The van der Waals surface area contributed by atoms with Gasteiger partial charge in [-0.2, -0.15) is 0 Å². The molecule has 2 amide bonds. The lowest BCUT2D eigenvalue weighted by atomic mass is 9.79. The minimum absolute atomic E-state index is 0.0293. The zero-order chi connectivity index (χ0) is 15.1. The van der Waals surface area contributed by atoms with Gasteiger partial charge in [0.05, 0.1) is 13.2 Å². The summed E-state index contributed by atoms with van der Waals surface area (Å²) in [6.45, 7) is 4.12. The average molecular weight is 297 g/mol. The van der Waals surface area contributed by atoms with Crippen molar-refractivity contribution in [2.24, 2.45) is 5.41 Å². The number of hydrogen-bond acceptors (Lipinski definition) is 4. The lowest BCUT2D eigenvalue weighted by molar-refractivity contribution is -0.138. The summed E-state index contributed by atoms with van der Waals surface area (Å²) >= 11 is 0. The van der Waals surface area contributed by atoms with E-state index in [0.29, 0.717) is 26.1 Å². The molecule has 21 heavy (non-hydrogen) atoms. The molecule has 0 aromatic heterocycles. The summed E-state index contributed by atoms with van der Waals surface area (Å²) < 4.78 is 5.34. The van der Waals surface area contributed by atoms with Crippen molar-refractivity contribution in [3.05, 3.63) is 0 Å². The summed E-state index contributed by atoms with van der Waals surface area (Å²) in [6.07, 6.45) is 4.53. The highest BCUT2D eigenvalue weighted by molar-refractivity contribution is 5.85. The number of piperidine rings is 2. The van der Waals surface area contributed by atoms with E-state index in [0.717, 1.165) is 38.8 Å². The molecule has 0 bridgehead atoms. The van der Waals surface area contributed by atoms with Crippen LogP contribution in [0.15, 0.2) is 0 Å². The van der Waals surface area contributed by atoms with Crippen LogP contribution >= 0.6 is 0 Å². The Balaban J connectivity index is 1.79. The Hall–Kier alpha value is -1.14. The van der Waals surface area contributed by atoms with E-state index in [-0.39, 0.29) is 23.8 Å². The van der Waals surface area contributed by atoms with E-state index < -0.39 is 0 Å². The maximum absolute atomic E-state index is 12.1. The molecule has 0 aromatic rings. The highest BCUT2D eigenvalue weighted by Crippen LogP contribution is 2.28. The highest BCUT2D eigenvalue weighted by Gasteiger charge is 2.32. The smallest absolute Gasteiger partial charge is 0.239 e. The molecule has 0 unspecified atom stereocenters. The van der Waals surface area contributed by atoms with Crippen LogP contribution in [0.2, 0.25) is 0 Å². The third-order valence-electron chi connectivity index (χ3n) is 4.53. The number of carbonyl (C=O) groups excluding carboxylic acids is 2. The lowest BCUT2D eigenvalue weighted by Crippen LogP contribution is -2.49. The maximum Gasteiger partial charge on any atom is 0.239 e. The van der Waals surface area contributed by atoms with Crippen LogP contribution in [0.5, 0.6) is 0 Å². The van der Waals surface area contributed by atoms with Crippen molar-refractivity contribution in [2.75, 3.05) is 46.4 Å². The highest BCUT2D eigenvalue weighted by atomic mass is 16.5. The number of amides is 2. The summed E-state index contributed by atoms with van der Waals surface area (Å²) in [5.41, 5.74) is 0.0293. The van der Waals surface area contributed by atoms with E-state index in [1.165, 1.54) is 0 Å². The molecule has 2 saturated heterocycles. The van der Waals surface area contributed by atoms with Crippen LogP contribution in [0.1, 0.15) is 32.1 Å². The van der Waals surface area contributed by atoms with Gasteiger partial charge >= 0.3 is 0 Å². The third kappa shape index (κ3) is 4.68. The number of carbonyl (C=O) groups is 2. The normalized spacial score (nSPS) is 22.1. The predicted octanol–water partition coefficient (Wildman–Crippen LogP) is 0.131. The SMILES string of the molecule is COCC1(CNC(=O)CN2CCCCC2=O)CCNCC1. The van der Waals surface area contributed by atoms with E-state index in [1.54, 1.807) is 12.0 Å². The van der Waals surface area contributed by atoms with Gasteiger partial charge in [-0.15, -0.1) is 0 Å². The van der Waals surface area contributed by atoms with Crippen LogP contribution in [-0.2, 0) is 14.3 Å². The van der Waals surface area contributed by atoms with Gasteiger partial charge in [0.1, 0.15) is 0 Å². The fourth-order valence-electron chi connectivity index (χ4n) is 3.18. The molecule has 0 aromatic carbocycles. The third-order valence-corrected chi connectivity index (χ3v) is 4.53. The van der Waals surface area contributed by atoms with Crippen LogP contribution in [0.4, 0.5) is 0 Å². The monoisotopic (exact) mass is 297 g/mol. The Bertz CT molecular complexity index is 362. The van der Waals surface area contributed by atoms with Gasteiger partial charge in [0.15, 0.2) is 0 Å². The van der Waals surface area contributed by atoms with E-state index in [4.69, 9.17) is 4.74 Å². The van der Waals surface area contributed by atoms with Gasteiger partial charge in [-0.1, -0.05) is 0 Å². The van der Waals surface area contributed by atoms with E-state index in [9.17, 15) is 9.59 Å². The van der Waals surface area contributed by atoms with Gasteiger partial charge in [0.2, 0.25) is 11.8 Å². The second kappa shape index (κ2) is 7.75. The van der Waals surface area contributed by atoms with Gasteiger partial charge < -0.3 is 20.3 Å². The van der Waals surface area contributed by atoms with Crippen molar-refractivity contribution in [3.8, 4) is 0 Å². The van der Waals surface area contributed by atoms with Crippen molar-refractivity contribution < 1.29 is 14.3 Å². The minimum Gasteiger partial charge on any atom is -0.384 e. The summed E-state index contributed by atoms with van der Waals surface area (Å²) in [5.74, 6) is 0.0455. The number of ether oxygens (including phenoxy) is 1. The fourth-order valence-corrected chi connectivity index (χ4v) is 3.18. The quantitative estimate of drug-likeness (QED) is 0.731. The summed E-state index contributed by atoms with van der Waals surface area (Å²) in [6, 6.07) is 0. The van der Waals surface area contributed by atoms with Gasteiger partial charge in [0, 0.05) is 32.0 Å². The second-order valence-electron chi connectivity index (χ2n) is 6.23. The Kier molecular flexibility index (Phi) is 5.99. The molecule has 0 radical (unpaired) electrons. The van der Waals surface area contributed by atoms with Crippen molar-refractivity contribution >= 4 is 11.8 Å². The molecule has 0 aliphatic carbocycles. The van der Waals surface area contributed by atoms with E-state index >= 15 is 0 Å². The Labute approximate surface area is 126 Å². The zero-order valence-electron chi connectivity index (χ0n) is 13.0. The summed E-state index contributed by atoms with van der Waals surface area (Å²) in [7, 11) is 1.71. The molecule has 120 valence electrons. The molecular formula is C15H27N3O3. The van der Waals surface area contributed by atoms with Gasteiger partial charge in [-0.25, -0.2) is 0 Å². The first-order valence-electron chi connectivity index (χ1n) is 7.89. The number of methoxy groups -OCH3 is 1. The molecule has 2 N–H and O–H groups in total. The Morgan fingerprint density at radius 1 is 1.38 bits per heavy atom. The molecule has 6 nitrogen and oxygen atoms in total. The van der Waals surface area contributed by atoms with E-state index in [1.807, 2.05) is 0 Å². The molecule has 0 spiro atoms. The number of hydrogen-bond donors (Lipinski definition) is 2. The molecule has 2 aliphatic heterocycles. The first-order chi connectivity index (χ1) is 10.2. The van der Waals surface area contributed by atoms with Crippen LogP contribution in [0.3, 0.4) is 0 Å². The number of likely N-dealkylation sites (tertiary alicyclic amines) is 1. The van der Waals surface area contributed by atoms with Crippen LogP contribution < -0.4 is 10.6 Å². The summed E-state index contributed by atoms with van der Waals surface area (Å²) in [4.78, 5) is 25.5. The maximum atomic E-state index is 12.1. The molecule has 6 heteroatoms. The predicted molar refractivity (Wildman–Crippen MR) is 79.9 cm³/mol. The number of nitrogens with one attached hydrogen (secondary N) is 2. The van der Waals surface area contributed by atoms with Crippen LogP contribution in [-0.4, -0.2) is 63.2 Å². The Morgan fingerprint density at radius 3 is 2.81 bits per heavy atom. The topological polar surface area (TPSA) is 70.7 Å². The van der Waals surface area contributed by atoms with E-state index in [2.05, 4.69) is 10.6 Å². The first kappa shape index (κ1) is 16.2. The molecule has 2 rings (SSSR count). The zero-order valence-corrected chi connectivity index (χ0v) is 13.0. The van der Waals surface area contributed by atoms with Gasteiger partial charge in [0.25, 0.3) is 0 Å². The van der Waals surface area contributed by atoms with Crippen molar-refractivity contribution in [2.45, 2.75) is 32.1 Å². The second-order valence-corrected chi connectivity index (χ2v) is 6.23. The molecule has 0 atom stereocenters. The fraction of sp³-hybridized carbons (Fsp3) is 0.867. The van der Waals surface area contributed by atoms with Crippen LogP contribution in [0.25, 0.3) is 0 Å². The molecule has 2 aliphatic rings. The van der Waals surface area contributed by atoms with Gasteiger partial charge in [-0.3, -0.25) is 9.59 Å². The Morgan fingerprint density at radius 2 is 2.14 bits per heavy atom. The molecule has 0 saturated carbocycles. The lowest BCUT2D eigenvalue weighted by Gasteiger charge is -2.37. The molecule has 2 heterocycles. The largest absolute Gasteiger partial charge is 0.384 e. The number of rotatable bonds is 6. The first-order valence-corrected chi connectivity index (χ1v) is 7.89. The van der Waals surface area contributed by atoms with Crippen LogP contribution in [0, 0.1) is 5.41 Å². The standard InChI is InChI=1S/C15H27N3O3/c1-21-12-15(5-7-16-8-6-15)11-17-13(19)10-18-9-3-2-4-14(18)20/h16H,2-12H2,1H3,(H,17,19). The van der Waals surface area contributed by atoms with Crippen molar-refractivity contribution in [1.82, 2.24) is 15.5 Å². The number of nitrogens with zero attached hydrogens (tertiary/aromatic N) is 1. The minimum atomic E-state index is -0.0562. The summed E-state index contributed by atoms with van der Waals surface area (Å²) in [5, 5.41) is 6.34. The average Bonchev–Trinajstić information content (AvgIpc) is 2.49.